The maximum Gasteiger partial charge on any atom is 0.244 e. The molecule has 0 fully saturated rings. The minimum absolute atomic E-state index is 0.257. The molecule has 0 aliphatic rings. The van der Waals surface area contributed by atoms with Crippen molar-refractivity contribution in [2.45, 2.75) is 19.5 Å². The molecule has 33 heavy (non-hydrogen) atoms. The van der Waals surface area contributed by atoms with Crippen LogP contribution < -0.4 is 5.32 Å². The van der Waals surface area contributed by atoms with Crippen molar-refractivity contribution in [3.63, 3.8) is 0 Å². The van der Waals surface area contributed by atoms with Gasteiger partial charge >= 0.3 is 0 Å². The number of nitrogens with zero attached hydrogens (tertiary/aromatic N) is 4. The Bertz CT molecular complexity index is 1280. The van der Waals surface area contributed by atoms with E-state index in [2.05, 4.69) is 15.4 Å². The van der Waals surface area contributed by atoms with Crippen molar-refractivity contribution in [2.24, 2.45) is 7.05 Å². The SMILES string of the molecule is Cc1nn(Cc2ccc(Cl)cc2)c(Cl)c1/C=C/C(=O)NC(c1ccccc1)c1nccn1C. The minimum atomic E-state index is -0.382. The Morgan fingerprint density at radius 3 is 2.52 bits per heavy atom. The van der Waals surface area contributed by atoms with Gasteiger partial charge in [-0.3, -0.25) is 4.79 Å². The van der Waals surface area contributed by atoms with Gasteiger partial charge in [-0.2, -0.15) is 5.10 Å². The van der Waals surface area contributed by atoms with Crippen molar-refractivity contribution in [3.8, 4) is 0 Å². The fraction of sp³-hybridized carbons (Fsp3) is 0.160. The second-order valence-corrected chi connectivity index (χ2v) is 8.45. The van der Waals surface area contributed by atoms with Gasteiger partial charge in [-0.25, -0.2) is 9.67 Å². The Kier molecular flexibility index (Phi) is 6.96. The maximum absolute atomic E-state index is 12.8. The number of halogens is 2. The van der Waals surface area contributed by atoms with Gasteiger partial charge in [0.1, 0.15) is 17.0 Å². The van der Waals surface area contributed by atoms with Crippen LogP contribution in [0.15, 0.2) is 73.1 Å². The molecule has 4 aromatic rings. The van der Waals surface area contributed by atoms with Gasteiger partial charge in [-0.05, 0) is 36.3 Å². The number of hydrogen-bond acceptors (Lipinski definition) is 3. The van der Waals surface area contributed by atoms with Gasteiger partial charge in [-0.1, -0.05) is 65.7 Å². The molecule has 6 nitrogen and oxygen atoms in total. The summed E-state index contributed by atoms with van der Waals surface area (Å²) in [6.07, 6.45) is 6.73. The summed E-state index contributed by atoms with van der Waals surface area (Å²) in [6, 6.07) is 16.9. The van der Waals surface area contributed by atoms with Crippen LogP contribution in [-0.2, 0) is 18.4 Å². The summed E-state index contributed by atoms with van der Waals surface area (Å²) >= 11 is 12.5. The first-order chi connectivity index (χ1) is 15.9. The predicted octanol–water partition coefficient (Wildman–Crippen LogP) is 5.20. The highest BCUT2D eigenvalue weighted by Crippen LogP contribution is 2.24. The summed E-state index contributed by atoms with van der Waals surface area (Å²) in [7, 11) is 1.90. The molecule has 1 amide bonds. The molecule has 0 spiro atoms. The summed E-state index contributed by atoms with van der Waals surface area (Å²) in [5.41, 5.74) is 3.41. The number of amides is 1. The fourth-order valence-electron chi connectivity index (χ4n) is 3.57. The fourth-order valence-corrected chi connectivity index (χ4v) is 3.99. The Hall–Kier alpha value is -3.35. The third-order valence-corrected chi connectivity index (χ3v) is 5.94. The van der Waals surface area contributed by atoms with Crippen LogP contribution in [0.2, 0.25) is 10.2 Å². The van der Waals surface area contributed by atoms with Crippen LogP contribution in [-0.4, -0.2) is 25.2 Å². The molecule has 0 aliphatic heterocycles. The lowest BCUT2D eigenvalue weighted by molar-refractivity contribution is -0.117. The summed E-state index contributed by atoms with van der Waals surface area (Å²) in [5.74, 6) is 0.487. The van der Waals surface area contributed by atoms with Gasteiger partial charge in [-0.15, -0.1) is 0 Å². The molecule has 1 atom stereocenters. The van der Waals surface area contributed by atoms with Gasteiger partial charge in [0.2, 0.25) is 5.91 Å². The molecule has 0 radical (unpaired) electrons. The number of imidazole rings is 1. The highest BCUT2D eigenvalue weighted by Gasteiger charge is 2.20. The van der Waals surface area contributed by atoms with Gasteiger partial charge in [0.25, 0.3) is 0 Å². The monoisotopic (exact) mass is 479 g/mol. The number of rotatable bonds is 7. The summed E-state index contributed by atoms with van der Waals surface area (Å²) < 4.78 is 3.60. The van der Waals surface area contributed by atoms with Crippen molar-refractivity contribution in [2.75, 3.05) is 0 Å². The molecule has 4 rings (SSSR count). The van der Waals surface area contributed by atoms with Crippen molar-refractivity contribution in [3.05, 3.63) is 111 Å². The maximum atomic E-state index is 12.8. The van der Waals surface area contributed by atoms with E-state index in [9.17, 15) is 4.79 Å². The lowest BCUT2D eigenvalue weighted by Gasteiger charge is -2.18. The quantitative estimate of drug-likeness (QED) is 0.370. The Morgan fingerprint density at radius 2 is 1.85 bits per heavy atom. The third kappa shape index (κ3) is 5.35. The first-order valence-corrected chi connectivity index (χ1v) is 11.2. The zero-order valence-electron chi connectivity index (χ0n) is 18.2. The number of carbonyl (C=O) groups is 1. The first-order valence-electron chi connectivity index (χ1n) is 10.4. The Morgan fingerprint density at radius 1 is 1.12 bits per heavy atom. The van der Waals surface area contributed by atoms with Gasteiger partial charge in [0.15, 0.2) is 0 Å². The minimum Gasteiger partial charge on any atom is -0.339 e. The molecule has 168 valence electrons. The van der Waals surface area contributed by atoms with E-state index in [0.717, 1.165) is 22.6 Å². The molecule has 0 bridgehead atoms. The molecule has 0 saturated carbocycles. The Balaban J connectivity index is 1.52. The van der Waals surface area contributed by atoms with Gasteiger partial charge in [0, 0.05) is 36.1 Å². The second kappa shape index (κ2) is 10.1. The number of hydrogen-bond donors (Lipinski definition) is 1. The smallest absolute Gasteiger partial charge is 0.244 e. The van der Waals surface area contributed by atoms with E-state index in [4.69, 9.17) is 23.2 Å². The van der Waals surface area contributed by atoms with E-state index in [1.165, 1.54) is 6.08 Å². The molecule has 1 unspecified atom stereocenters. The highest BCUT2D eigenvalue weighted by molar-refractivity contribution is 6.31. The molecule has 2 aromatic carbocycles. The van der Waals surface area contributed by atoms with E-state index in [1.807, 2.05) is 79.3 Å². The average molecular weight is 480 g/mol. The van der Waals surface area contributed by atoms with E-state index >= 15 is 0 Å². The highest BCUT2D eigenvalue weighted by atomic mass is 35.5. The van der Waals surface area contributed by atoms with Crippen LogP contribution in [0.3, 0.4) is 0 Å². The third-order valence-electron chi connectivity index (χ3n) is 5.29. The zero-order valence-corrected chi connectivity index (χ0v) is 19.8. The molecular weight excluding hydrogens is 457 g/mol. The summed E-state index contributed by atoms with van der Waals surface area (Å²) in [5, 5.41) is 8.71. The van der Waals surface area contributed by atoms with Gasteiger partial charge in [0.05, 0.1) is 12.2 Å². The standard InChI is InChI=1S/C25H23Cl2N5O/c1-17-21(24(27)32(30-17)16-18-8-10-20(26)11-9-18)12-13-22(33)29-23(19-6-4-3-5-7-19)25-28-14-15-31(25)2/h3-15,23H,16H2,1-2H3,(H,29,33)/b13-12+. The number of aromatic nitrogens is 4. The molecule has 2 heterocycles. The normalized spacial score (nSPS) is 12.2. The second-order valence-electron chi connectivity index (χ2n) is 7.66. The summed E-state index contributed by atoms with van der Waals surface area (Å²) in [6.45, 7) is 2.37. The van der Waals surface area contributed by atoms with Crippen molar-refractivity contribution in [1.82, 2.24) is 24.6 Å². The van der Waals surface area contributed by atoms with Crippen LogP contribution in [0, 0.1) is 6.92 Å². The number of benzene rings is 2. The largest absolute Gasteiger partial charge is 0.339 e. The summed E-state index contributed by atoms with van der Waals surface area (Å²) in [4.78, 5) is 17.3. The van der Waals surface area contributed by atoms with Crippen molar-refractivity contribution >= 4 is 35.2 Å². The Labute approximate surface area is 202 Å². The molecule has 2 aromatic heterocycles. The van der Waals surface area contributed by atoms with Crippen LogP contribution in [0.4, 0.5) is 0 Å². The van der Waals surface area contributed by atoms with E-state index in [1.54, 1.807) is 17.0 Å². The van der Waals surface area contributed by atoms with E-state index in [0.29, 0.717) is 22.3 Å². The lowest BCUT2D eigenvalue weighted by Crippen LogP contribution is -2.29. The van der Waals surface area contributed by atoms with Crippen LogP contribution >= 0.6 is 23.2 Å². The molecule has 0 aliphatic carbocycles. The average Bonchev–Trinajstić information content (AvgIpc) is 3.35. The van der Waals surface area contributed by atoms with Crippen molar-refractivity contribution < 1.29 is 4.79 Å². The first kappa shape index (κ1) is 22.8. The van der Waals surface area contributed by atoms with E-state index < -0.39 is 0 Å². The number of nitrogens with one attached hydrogen (secondary N) is 1. The predicted molar refractivity (Wildman–Crippen MR) is 131 cm³/mol. The van der Waals surface area contributed by atoms with Crippen molar-refractivity contribution in [1.29, 1.82) is 0 Å². The van der Waals surface area contributed by atoms with Crippen LogP contribution in [0.25, 0.3) is 6.08 Å². The molecule has 1 N–H and O–H groups in total. The van der Waals surface area contributed by atoms with E-state index in [-0.39, 0.29) is 11.9 Å². The number of carbonyl (C=O) groups excluding carboxylic acids is 1. The lowest BCUT2D eigenvalue weighted by atomic mass is 10.1. The number of aryl methyl sites for hydroxylation is 2. The molecule has 0 saturated heterocycles. The topological polar surface area (TPSA) is 64.7 Å². The molecular formula is C25H23Cl2N5O. The van der Waals surface area contributed by atoms with Crippen LogP contribution in [0.5, 0.6) is 0 Å². The van der Waals surface area contributed by atoms with Crippen LogP contribution in [0.1, 0.15) is 34.3 Å². The van der Waals surface area contributed by atoms with Gasteiger partial charge < -0.3 is 9.88 Å². The molecule has 8 heteroatoms. The zero-order chi connectivity index (χ0) is 23.4.